The van der Waals surface area contributed by atoms with Crippen LogP contribution >= 0.6 is 11.6 Å². The molecule has 78 valence electrons. The first-order valence-electron chi connectivity index (χ1n) is 4.77. The van der Waals surface area contributed by atoms with Gasteiger partial charge in [-0.3, -0.25) is 4.79 Å². The molecular formula is C12H11ClO2. The standard InChI is InChI=1S/C12H11ClO2/c1-15-7-9-3-2-8-6-10(13)4-5-11(8)12(9)14/h4-7H,2-3H2,1H3. The van der Waals surface area contributed by atoms with Crippen LogP contribution in [-0.4, -0.2) is 12.9 Å². The van der Waals surface area contributed by atoms with Gasteiger partial charge in [-0.15, -0.1) is 0 Å². The first-order chi connectivity index (χ1) is 7.22. The number of benzene rings is 1. The molecular weight excluding hydrogens is 212 g/mol. The molecule has 0 aliphatic heterocycles. The first-order valence-corrected chi connectivity index (χ1v) is 5.15. The molecule has 3 heteroatoms. The normalized spacial score (nSPS) is 17.7. The quantitative estimate of drug-likeness (QED) is 0.539. The highest BCUT2D eigenvalue weighted by molar-refractivity contribution is 6.30. The number of rotatable bonds is 1. The SMILES string of the molecule is COC=C1CCc2cc(Cl)ccc2C1=O. The number of hydrogen-bond acceptors (Lipinski definition) is 2. The summed E-state index contributed by atoms with van der Waals surface area (Å²) < 4.78 is 4.88. The minimum Gasteiger partial charge on any atom is -0.504 e. The summed E-state index contributed by atoms with van der Waals surface area (Å²) in [4.78, 5) is 11.9. The number of halogens is 1. The maximum atomic E-state index is 11.9. The summed E-state index contributed by atoms with van der Waals surface area (Å²) in [6, 6.07) is 5.38. The van der Waals surface area contributed by atoms with Gasteiger partial charge in [0.15, 0.2) is 5.78 Å². The molecule has 0 amide bonds. The highest BCUT2D eigenvalue weighted by Gasteiger charge is 2.21. The molecule has 1 aliphatic carbocycles. The smallest absolute Gasteiger partial charge is 0.192 e. The number of aryl methyl sites for hydroxylation is 1. The van der Waals surface area contributed by atoms with Crippen LogP contribution in [0.1, 0.15) is 22.3 Å². The fourth-order valence-electron chi connectivity index (χ4n) is 1.80. The van der Waals surface area contributed by atoms with Gasteiger partial charge in [-0.05, 0) is 36.6 Å². The molecule has 1 aromatic rings. The van der Waals surface area contributed by atoms with Crippen LogP contribution in [0, 0.1) is 0 Å². The maximum absolute atomic E-state index is 11.9. The Kier molecular flexibility index (Phi) is 2.78. The van der Waals surface area contributed by atoms with Gasteiger partial charge in [0.1, 0.15) is 0 Å². The number of carbonyl (C=O) groups excluding carboxylic acids is 1. The van der Waals surface area contributed by atoms with Crippen molar-refractivity contribution in [2.45, 2.75) is 12.8 Å². The van der Waals surface area contributed by atoms with Crippen molar-refractivity contribution >= 4 is 17.4 Å². The molecule has 2 nitrogen and oxygen atoms in total. The van der Waals surface area contributed by atoms with Crippen LogP contribution in [0.4, 0.5) is 0 Å². The van der Waals surface area contributed by atoms with Crippen LogP contribution in [-0.2, 0) is 11.2 Å². The van der Waals surface area contributed by atoms with Gasteiger partial charge in [0.05, 0.1) is 13.4 Å². The minimum atomic E-state index is 0.0507. The monoisotopic (exact) mass is 222 g/mol. The zero-order valence-corrected chi connectivity index (χ0v) is 9.17. The van der Waals surface area contributed by atoms with Crippen molar-refractivity contribution in [3.05, 3.63) is 46.2 Å². The summed E-state index contributed by atoms with van der Waals surface area (Å²) in [6.45, 7) is 0. The van der Waals surface area contributed by atoms with Crippen molar-refractivity contribution in [3.8, 4) is 0 Å². The van der Waals surface area contributed by atoms with Gasteiger partial charge in [-0.1, -0.05) is 11.6 Å². The summed E-state index contributed by atoms with van der Waals surface area (Å²) in [7, 11) is 1.55. The van der Waals surface area contributed by atoms with E-state index in [1.807, 2.05) is 6.07 Å². The topological polar surface area (TPSA) is 26.3 Å². The predicted octanol–water partition coefficient (Wildman–Crippen LogP) is 3.00. The van der Waals surface area contributed by atoms with Gasteiger partial charge in [0, 0.05) is 16.2 Å². The fourth-order valence-corrected chi connectivity index (χ4v) is 2.00. The summed E-state index contributed by atoms with van der Waals surface area (Å²) in [5.74, 6) is 0.0507. The lowest BCUT2D eigenvalue weighted by molar-refractivity contribution is 0.102. The molecule has 0 bridgehead atoms. The van der Waals surface area contributed by atoms with E-state index in [1.165, 1.54) is 6.26 Å². The van der Waals surface area contributed by atoms with Crippen LogP contribution in [0.3, 0.4) is 0 Å². The molecule has 0 aromatic heterocycles. The average Bonchev–Trinajstić information content (AvgIpc) is 2.22. The molecule has 1 aromatic carbocycles. The van der Waals surface area contributed by atoms with Crippen LogP contribution in [0.25, 0.3) is 0 Å². The lowest BCUT2D eigenvalue weighted by Crippen LogP contribution is -2.14. The van der Waals surface area contributed by atoms with E-state index in [2.05, 4.69) is 0 Å². The Morgan fingerprint density at radius 2 is 2.20 bits per heavy atom. The van der Waals surface area contributed by atoms with Crippen LogP contribution in [0.15, 0.2) is 30.0 Å². The first kappa shape index (κ1) is 10.2. The number of hydrogen-bond donors (Lipinski definition) is 0. The van der Waals surface area contributed by atoms with Gasteiger partial charge >= 0.3 is 0 Å². The van der Waals surface area contributed by atoms with Crippen molar-refractivity contribution in [1.29, 1.82) is 0 Å². The third kappa shape index (κ3) is 1.90. The highest BCUT2D eigenvalue weighted by Crippen LogP contribution is 2.27. The van der Waals surface area contributed by atoms with Crippen molar-refractivity contribution in [2.75, 3.05) is 7.11 Å². The third-order valence-electron chi connectivity index (χ3n) is 2.53. The number of ketones is 1. The van der Waals surface area contributed by atoms with E-state index in [0.29, 0.717) is 5.02 Å². The van der Waals surface area contributed by atoms with Crippen LogP contribution in [0.5, 0.6) is 0 Å². The highest BCUT2D eigenvalue weighted by atomic mass is 35.5. The molecule has 0 radical (unpaired) electrons. The molecule has 2 rings (SSSR count). The van der Waals surface area contributed by atoms with Gasteiger partial charge in [-0.2, -0.15) is 0 Å². The van der Waals surface area contributed by atoms with Crippen molar-refractivity contribution in [3.63, 3.8) is 0 Å². The second-order valence-electron chi connectivity index (χ2n) is 3.51. The molecule has 0 heterocycles. The predicted molar refractivity (Wildman–Crippen MR) is 59.2 cm³/mol. The van der Waals surface area contributed by atoms with Crippen molar-refractivity contribution < 1.29 is 9.53 Å². The maximum Gasteiger partial charge on any atom is 0.192 e. The molecule has 0 fully saturated rings. The molecule has 15 heavy (non-hydrogen) atoms. The zero-order chi connectivity index (χ0) is 10.8. The number of allylic oxidation sites excluding steroid dienone is 1. The molecule has 0 unspecified atom stereocenters. The van der Waals surface area contributed by atoms with Gasteiger partial charge in [-0.25, -0.2) is 0 Å². The average molecular weight is 223 g/mol. The number of Topliss-reactive ketones (excluding diaryl/α,β-unsaturated/α-hetero) is 1. The number of fused-ring (bicyclic) bond motifs is 1. The van der Waals surface area contributed by atoms with E-state index in [1.54, 1.807) is 19.2 Å². The Labute approximate surface area is 93.5 Å². The van der Waals surface area contributed by atoms with Crippen molar-refractivity contribution in [2.24, 2.45) is 0 Å². The van der Waals surface area contributed by atoms with Crippen LogP contribution in [0.2, 0.25) is 5.02 Å². The van der Waals surface area contributed by atoms with E-state index in [0.717, 1.165) is 29.5 Å². The number of ether oxygens (including phenoxy) is 1. The Bertz CT molecular complexity index is 435. The molecule has 0 saturated heterocycles. The van der Waals surface area contributed by atoms with E-state index in [9.17, 15) is 4.79 Å². The molecule has 0 N–H and O–H groups in total. The largest absolute Gasteiger partial charge is 0.504 e. The molecule has 0 spiro atoms. The Morgan fingerprint density at radius 1 is 1.40 bits per heavy atom. The summed E-state index contributed by atoms with van der Waals surface area (Å²) in [6.07, 6.45) is 3.09. The van der Waals surface area contributed by atoms with E-state index >= 15 is 0 Å². The molecule has 0 atom stereocenters. The second-order valence-corrected chi connectivity index (χ2v) is 3.95. The van der Waals surface area contributed by atoms with E-state index < -0.39 is 0 Å². The van der Waals surface area contributed by atoms with E-state index in [-0.39, 0.29) is 5.78 Å². The van der Waals surface area contributed by atoms with Crippen molar-refractivity contribution in [1.82, 2.24) is 0 Å². The van der Waals surface area contributed by atoms with E-state index in [4.69, 9.17) is 16.3 Å². The minimum absolute atomic E-state index is 0.0507. The van der Waals surface area contributed by atoms with Gasteiger partial charge < -0.3 is 4.74 Å². The van der Waals surface area contributed by atoms with Crippen LogP contribution < -0.4 is 0 Å². The molecule has 1 aliphatic rings. The summed E-state index contributed by atoms with van der Waals surface area (Å²) >= 11 is 5.87. The number of carbonyl (C=O) groups is 1. The Balaban J connectivity index is 2.43. The Hall–Kier alpha value is -1.28. The second kappa shape index (κ2) is 4.07. The summed E-state index contributed by atoms with van der Waals surface area (Å²) in [5, 5.41) is 0.681. The van der Waals surface area contributed by atoms with Gasteiger partial charge in [0.25, 0.3) is 0 Å². The number of methoxy groups -OCH3 is 1. The lowest BCUT2D eigenvalue weighted by Gasteiger charge is -2.16. The fraction of sp³-hybridized carbons (Fsp3) is 0.250. The van der Waals surface area contributed by atoms with Gasteiger partial charge in [0.2, 0.25) is 0 Å². The zero-order valence-electron chi connectivity index (χ0n) is 8.42. The Morgan fingerprint density at radius 3 is 2.93 bits per heavy atom. The summed E-state index contributed by atoms with van der Waals surface area (Å²) in [5.41, 5.74) is 2.50. The molecule has 0 saturated carbocycles. The third-order valence-corrected chi connectivity index (χ3v) is 2.76. The lowest BCUT2D eigenvalue weighted by atomic mass is 9.87.